The Kier molecular flexibility index (Phi) is 21.0. The van der Waals surface area contributed by atoms with Crippen molar-refractivity contribution in [2.75, 3.05) is 63.5 Å². The molecule has 3 atom stereocenters. The van der Waals surface area contributed by atoms with E-state index >= 15 is 0 Å². The van der Waals surface area contributed by atoms with E-state index in [2.05, 4.69) is 168 Å². The SMILES string of the molecule is BrCCCC1(CCCBr)c2cc(Br)ccc2-c2ccc(Br)cc21.CC1(C)OCC(CO)O1.CC1(C)OCC(COCCCC2(CCCOCC3COC(C)(C)O3)c3cc(Br)ccc3-c3ccc(Br)cc32)O1. The third-order valence-electron chi connectivity index (χ3n) is 13.8. The maximum Gasteiger partial charge on any atom is 0.163 e. The van der Waals surface area contributed by atoms with E-state index in [0.717, 1.165) is 45.3 Å². The summed E-state index contributed by atoms with van der Waals surface area (Å²) in [5, 5.41) is 10.7. The summed E-state index contributed by atoms with van der Waals surface area (Å²) in [5.74, 6) is -1.54. The van der Waals surface area contributed by atoms with Crippen molar-refractivity contribution < 1.29 is 43.0 Å². The molecule has 390 valence electrons. The van der Waals surface area contributed by atoms with Crippen LogP contribution in [0.2, 0.25) is 0 Å². The van der Waals surface area contributed by atoms with Crippen LogP contribution in [0.25, 0.3) is 22.3 Å². The van der Waals surface area contributed by atoms with Crippen molar-refractivity contribution in [2.24, 2.45) is 0 Å². The van der Waals surface area contributed by atoms with Crippen LogP contribution in [0.5, 0.6) is 0 Å². The van der Waals surface area contributed by atoms with E-state index in [9.17, 15) is 0 Å². The molecule has 2 aliphatic carbocycles. The van der Waals surface area contributed by atoms with E-state index in [-0.39, 0.29) is 35.7 Å². The normalized spacial score (nSPS) is 22.2. The minimum Gasteiger partial charge on any atom is -0.394 e. The van der Waals surface area contributed by atoms with Gasteiger partial charge < -0.3 is 43.0 Å². The third kappa shape index (κ3) is 14.7. The average Bonchev–Trinajstić information content (AvgIpc) is 4.11. The molecule has 0 bridgehead atoms. The molecule has 71 heavy (non-hydrogen) atoms. The van der Waals surface area contributed by atoms with Crippen molar-refractivity contribution in [3.05, 3.63) is 113 Å². The van der Waals surface area contributed by atoms with Gasteiger partial charge in [0, 0.05) is 52.6 Å². The molecule has 0 amide bonds. The van der Waals surface area contributed by atoms with E-state index in [4.69, 9.17) is 43.0 Å². The van der Waals surface area contributed by atoms with Crippen LogP contribution in [-0.2, 0) is 48.7 Å². The van der Waals surface area contributed by atoms with Gasteiger partial charge in [0.2, 0.25) is 0 Å². The predicted molar refractivity (Wildman–Crippen MR) is 304 cm³/mol. The molecule has 1 N–H and O–H groups in total. The van der Waals surface area contributed by atoms with E-state index in [1.807, 2.05) is 41.5 Å². The summed E-state index contributed by atoms with van der Waals surface area (Å²) in [6, 6.07) is 26.9. The van der Waals surface area contributed by atoms with Crippen molar-refractivity contribution >= 4 is 95.6 Å². The molecule has 0 aromatic heterocycles. The summed E-state index contributed by atoms with van der Waals surface area (Å²) in [7, 11) is 0. The summed E-state index contributed by atoms with van der Waals surface area (Å²) in [6.07, 6.45) is 8.44. The van der Waals surface area contributed by atoms with Crippen molar-refractivity contribution in [1.82, 2.24) is 0 Å². The summed E-state index contributed by atoms with van der Waals surface area (Å²) < 4.78 is 50.3. The molecule has 3 fully saturated rings. The molecule has 3 unspecified atom stereocenters. The van der Waals surface area contributed by atoms with Gasteiger partial charge in [-0.1, -0.05) is 120 Å². The number of hydrogen-bond acceptors (Lipinski definition) is 9. The Balaban J connectivity index is 0.000000193. The van der Waals surface area contributed by atoms with Crippen molar-refractivity contribution in [1.29, 1.82) is 0 Å². The van der Waals surface area contributed by atoms with Gasteiger partial charge in [-0.3, -0.25) is 0 Å². The fourth-order valence-electron chi connectivity index (χ4n) is 10.9. The highest BCUT2D eigenvalue weighted by Crippen LogP contribution is 2.56. The van der Waals surface area contributed by atoms with Gasteiger partial charge in [0.1, 0.15) is 18.3 Å². The van der Waals surface area contributed by atoms with E-state index < -0.39 is 17.4 Å². The molecule has 15 heteroatoms. The zero-order valence-electron chi connectivity index (χ0n) is 41.9. The van der Waals surface area contributed by atoms with Crippen LogP contribution in [0.15, 0.2) is 90.7 Å². The lowest BCUT2D eigenvalue weighted by molar-refractivity contribution is -0.145. The van der Waals surface area contributed by atoms with Gasteiger partial charge in [-0.05, 0) is 186 Å². The topological polar surface area (TPSA) is 94.1 Å². The lowest BCUT2D eigenvalue weighted by atomic mass is 9.71. The number of rotatable bonds is 19. The number of alkyl halides is 2. The van der Waals surface area contributed by atoms with Gasteiger partial charge >= 0.3 is 0 Å². The minimum atomic E-state index is -0.523. The number of benzene rings is 4. The van der Waals surface area contributed by atoms with Crippen LogP contribution in [0.4, 0.5) is 0 Å². The third-order valence-corrected chi connectivity index (χ3v) is 16.9. The maximum atomic E-state index is 8.59. The van der Waals surface area contributed by atoms with E-state index in [0.29, 0.717) is 46.2 Å². The predicted octanol–water partition coefficient (Wildman–Crippen LogP) is 15.3. The molecule has 3 heterocycles. The highest BCUT2D eigenvalue weighted by molar-refractivity contribution is 9.11. The molecule has 4 aromatic carbocycles. The first-order chi connectivity index (χ1) is 33.8. The van der Waals surface area contributed by atoms with Crippen molar-refractivity contribution in [2.45, 2.75) is 139 Å². The number of hydrogen-bond donors (Lipinski definition) is 1. The molecule has 9 nitrogen and oxygen atoms in total. The molecular formula is C56H70Br6O9. The van der Waals surface area contributed by atoms with Gasteiger partial charge in [0.25, 0.3) is 0 Å². The molecular weight excluding hydrogens is 1300 g/mol. The lowest BCUT2D eigenvalue weighted by Gasteiger charge is -2.33. The zero-order chi connectivity index (χ0) is 51.0. The molecule has 9 rings (SSSR count). The molecule has 5 aliphatic rings. The van der Waals surface area contributed by atoms with Crippen molar-refractivity contribution in [3.8, 4) is 22.3 Å². The van der Waals surface area contributed by atoms with Gasteiger partial charge in [-0.2, -0.15) is 0 Å². The van der Waals surface area contributed by atoms with Crippen LogP contribution in [0, 0.1) is 0 Å². The molecule has 0 saturated carbocycles. The lowest BCUT2D eigenvalue weighted by Crippen LogP contribution is -2.28. The number of aliphatic hydroxyl groups excluding tert-OH is 1. The fraction of sp³-hybridized carbons (Fsp3) is 0.571. The number of fused-ring (bicyclic) bond motifs is 6. The summed E-state index contributed by atoms with van der Waals surface area (Å²) >= 11 is 22.1. The Labute approximate surface area is 472 Å². The second-order valence-electron chi connectivity index (χ2n) is 20.4. The smallest absolute Gasteiger partial charge is 0.163 e. The highest BCUT2D eigenvalue weighted by Gasteiger charge is 2.44. The maximum absolute atomic E-state index is 8.59. The number of ether oxygens (including phenoxy) is 8. The summed E-state index contributed by atoms with van der Waals surface area (Å²) in [5.41, 5.74) is 11.2. The highest BCUT2D eigenvalue weighted by atomic mass is 79.9. The Morgan fingerprint density at radius 3 is 1.01 bits per heavy atom. The Morgan fingerprint density at radius 1 is 0.465 bits per heavy atom. The van der Waals surface area contributed by atoms with Crippen LogP contribution >= 0.6 is 95.6 Å². The van der Waals surface area contributed by atoms with Gasteiger partial charge in [0.15, 0.2) is 17.4 Å². The first-order valence-corrected chi connectivity index (χ1v) is 30.3. The second kappa shape index (κ2) is 25.7. The van der Waals surface area contributed by atoms with Crippen LogP contribution in [0.3, 0.4) is 0 Å². The fourth-order valence-corrected chi connectivity index (χ4v) is 12.9. The molecule has 0 spiro atoms. The van der Waals surface area contributed by atoms with Gasteiger partial charge in [-0.25, -0.2) is 0 Å². The van der Waals surface area contributed by atoms with Gasteiger partial charge in [0.05, 0.1) is 39.6 Å². The zero-order valence-corrected chi connectivity index (χ0v) is 51.4. The second-order valence-corrected chi connectivity index (χ2v) is 25.6. The Bertz CT molecular complexity index is 2240. The number of aliphatic hydroxyl groups is 1. The van der Waals surface area contributed by atoms with E-state index in [1.54, 1.807) is 0 Å². The molecule has 3 aliphatic heterocycles. The first kappa shape index (κ1) is 58.1. The van der Waals surface area contributed by atoms with Crippen molar-refractivity contribution in [3.63, 3.8) is 0 Å². The Morgan fingerprint density at radius 2 is 0.761 bits per heavy atom. The van der Waals surface area contributed by atoms with Gasteiger partial charge in [-0.15, -0.1) is 0 Å². The summed E-state index contributed by atoms with van der Waals surface area (Å²) in [6.45, 7) is 15.6. The average molecular weight is 1370 g/mol. The largest absolute Gasteiger partial charge is 0.394 e. The monoisotopic (exact) mass is 1360 g/mol. The first-order valence-electron chi connectivity index (χ1n) is 24.9. The quantitative estimate of drug-likeness (QED) is 0.0728. The summed E-state index contributed by atoms with van der Waals surface area (Å²) in [4.78, 5) is 0. The van der Waals surface area contributed by atoms with Crippen LogP contribution in [0.1, 0.15) is 115 Å². The van der Waals surface area contributed by atoms with E-state index in [1.165, 1.54) is 79.1 Å². The molecule has 4 aromatic rings. The minimum absolute atomic E-state index is 0.00854. The standard InChI is InChI=1S/C31H40Br2O6.C19H18Br4.C6H12O3/c1-29(2)36-19-23(38-29)17-34-13-5-11-31(12-6-14-35-18-24-20-37-30(3,4)39-24)27-15-21(32)7-9-25(27)26-10-8-22(33)16-28(26)31;20-9-1-7-19(8-2-10-21)17-11-13(22)3-5-15(17)16-6-4-14(23)12-18(16)19;1-6(2)8-4-5(3-7)9-6/h7-10,15-16,23-24H,5-6,11-14,17-20H2,1-4H3;3-6,11-12H,1-2,7-10H2;5,7H,3-4H2,1-2H3. The molecule has 3 saturated heterocycles. The van der Waals surface area contributed by atoms with Crippen LogP contribution in [-0.4, -0.2) is 104 Å². The Hall–Kier alpha value is -0.600. The van der Waals surface area contributed by atoms with Crippen LogP contribution < -0.4 is 0 Å². The number of halogens is 6. The molecule has 0 radical (unpaired) electrons.